The van der Waals surface area contributed by atoms with E-state index < -0.39 is 10.0 Å². The minimum absolute atomic E-state index is 0.0301. The standard InChI is InChI=1S/C18H17N3O4S2/c19-27(23,24)17-6-4-13(5-7-17)9-20-18(22)14-2-1-3-16(8-14)25-10-15-11-26-12-21-15/h1-8,11-12H,9-10H2,(H,20,22)(H2,19,23,24). The van der Waals surface area contributed by atoms with Crippen molar-refractivity contribution in [2.75, 3.05) is 0 Å². The molecule has 0 aliphatic heterocycles. The molecule has 0 saturated carbocycles. The number of hydrogen-bond acceptors (Lipinski definition) is 6. The number of thiazole rings is 1. The largest absolute Gasteiger partial charge is 0.487 e. The van der Waals surface area contributed by atoms with Gasteiger partial charge in [0.15, 0.2) is 0 Å². The van der Waals surface area contributed by atoms with Crippen LogP contribution in [0.25, 0.3) is 0 Å². The first-order chi connectivity index (χ1) is 12.9. The van der Waals surface area contributed by atoms with Crippen molar-refractivity contribution in [3.63, 3.8) is 0 Å². The molecule has 7 nitrogen and oxygen atoms in total. The third-order valence-corrected chi connectivity index (χ3v) is 5.24. The van der Waals surface area contributed by atoms with Gasteiger partial charge in [-0.1, -0.05) is 18.2 Å². The van der Waals surface area contributed by atoms with Crippen LogP contribution in [0, 0.1) is 0 Å². The summed E-state index contributed by atoms with van der Waals surface area (Å²) in [7, 11) is -3.73. The van der Waals surface area contributed by atoms with E-state index >= 15 is 0 Å². The third-order valence-electron chi connectivity index (χ3n) is 3.67. The molecule has 1 amide bonds. The molecule has 3 N–H and O–H groups in total. The second kappa shape index (κ2) is 8.30. The quantitative estimate of drug-likeness (QED) is 0.629. The first-order valence-corrected chi connectivity index (χ1v) is 10.4. The number of carbonyl (C=O) groups excluding carboxylic acids is 1. The molecule has 1 heterocycles. The van der Waals surface area contributed by atoms with Crippen LogP contribution in [0.3, 0.4) is 0 Å². The summed E-state index contributed by atoms with van der Waals surface area (Å²) in [5.41, 5.74) is 3.79. The Hall–Kier alpha value is -2.75. The predicted octanol–water partition coefficient (Wildman–Crippen LogP) is 2.30. The maximum absolute atomic E-state index is 12.3. The molecule has 0 unspecified atom stereocenters. The Bertz CT molecular complexity index is 1020. The lowest BCUT2D eigenvalue weighted by atomic mass is 10.2. The normalized spacial score (nSPS) is 11.1. The van der Waals surface area contributed by atoms with Crippen LogP contribution in [0.1, 0.15) is 21.6 Å². The van der Waals surface area contributed by atoms with Crippen molar-refractivity contribution >= 4 is 27.3 Å². The number of benzene rings is 2. The number of nitrogens with two attached hydrogens (primary N) is 1. The highest BCUT2D eigenvalue weighted by molar-refractivity contribution is 7.89. The van der Waals surface area contributed by atoms with E-state index in [2.05, 4.69) is 10.3 Å². The van der Waals surface area contributed by atoms with Crippen LogP contribution >= 0.6 is 11.3 Å². The fourth-order valence-corrected chi connectivity index (χ4v) is 3.33. The molecule has 0 bridgehead atoms. The van der Waals surface area contributed by atoms with E-state index in [1.165, 1.54) is 23.5 Å². The minimum atomic E-state index is -3.73. The molecule has 0 saturated heterocycles. The van der Waals surface area contributed by atoms with Gasteiger partial charge in [-0.2, -0.15) is 0 Å². The molecule has 0 radical (unpaired) electrons. The Morgan fingerprint density at radius 3 is 2.63 bits per heavy atom. The SMILES string of the molecule is NS(=O)(=O)c1ccc(CNC(=O)c2cccc(OCc3cscn3)c2)cc1. The Labute approximate surface area is 160 Å². The number of nitrogens with zero attached hydrogens (tertiary/aromatic N) is 1. The molecule has 0 aliphatic carbocycles. The number of primary sulfonamides is 1. The molecule has 1 aromatic heterocycles. The Morgan fingerprint density at radius 1 is 1.19 bits per heavy atom. The average molecular weight is 403 g/mol. The molecule has 2 aromatic carbocycles. The summed E-state index contributed by atoms with van der Waals surface area (Å²) in [6.07, 6.45) is 0. The van der Waals surface area contributed by atoms with Crippen molar-refractivity contribution < 1.29 is 17.9 Å². The second-order valence-electron chi connectivity index (χ2n) is 5.67. The van der Waals surface area contributed by atoms with Crippen LogP contribution in [-0.4, -0.2) is 19.3 Å². The number of aromatic nitrogens is 1. The third kappa shape index (κ3) is 5.36. The van der Waals surface area contributed by atoms with E-state index in [4.69, 9.17) is 9.88 Å². The summed E-state index contributed by atoms with van der Waals surface area (Å²) in [6.45, 7) is 0.596. The number of sulfonamides is 1. The highest BCUT2D eigenvalue weighted by atomic mass is 32.2. The summed E-state index contributed by atoms with van der Waals surface area (Å²) in [6, 6.07) is 12.9. The van der Waals surface area contributed by atoms with Crippen LogP contribution in [0.2, 0.25) is 0 Å². The summed E-state index contributed by atoms with van der Waals surface area (Å²) in [5, 5.41) is 9.75. The van der Waals surface area contributed by atoms with Gasteiger partial charge in [-0.3, -0.25) is 4.79 Å². The fraction of sp³-hybridized carbons (Fsp3) is 0.111. The van der Waals surface area contributed by atoms with Gasteiger partial charge in [0.05, 0.1) is 16.1 Å². The lowest BCUT2D eigenvalue weighted by molar-refractivity contribution is 0.0950. The van der Waals surface area contributed by atoms with Gasteiger partial charge in [-0.25, -0.2) is 18.5 Å². The Morgan fingerprint density at radius 2 is 1.96 bits per heavy atom. The van der Waals surface area contributed by atoms with Gasteiger partial charge in [0.25, 0.3) is 5.91 Å². The van der Waals surface area contributed by atoms with Crippen molar-refractivity contribution in [3.05, 3.63) is 76.2 Å². The molecule has 140 valence electrons. The molecular weight excluding hydrogens is 386 g/mol. The van der Waals surface area contributed by atoms with Crippen LogP contribution in [0.5, 0.6) is 5.75 Å². The van der Waals surface area contributed by atoms with Crippen LogP contribution in [0.15, 0.2) is 64.3 Å². The minimum Gasteiger partial charge on any atom is -0.487 e. The Balaban J connectivity index is 1.58. The van der Waals surface area contributed by atoms with Gasteiger partial charge in [0, 0.05) is 17.5 Å². The van der Waals surface area contributed by atoms with Crippen LogP contribution < -0.4 is 15.2 Å². The molecule has 0 aliphatic rings. The van der Waals surface area contributed by atoms with E-state index in [1.807, 2.05) is 5.38 Å². The number of amides is 1. The second-order valence-corrected chi connectivity index (χ2v) is 7.95. The van der Waals surface area contributed by atoms with Crippen molar-refractivity contribution in [2.24, 2.45) is 5.14 Å². The topological polar surface area (TPSA) is 111 Å². The number of rotatable bonds is 7. The van der Waals surface area contributed by atoms with Gasteiger partial charge in [-0.15, -0.1) is 11.3 Å². The molecular formula is C18H17N3O4S2. The van der Waals surface area contributed by atoms with Crippen molar-refractivity contribution in [2.45, 2.75) is 18.0 Å². The molecule has 0 fully saturated rings. The highest BCUT2D eigenvalue weighted by Gasteiger charge is 2.09. The zero-order valence-electron chi connectivity index (χ0n) is 14.2. The number of carbonyl (C=O) groups is 1. The van der Waals surface area contributed by atoms with E-state index in [0.29, 0.717) is 17.9 Å². The van der Waals surface area contributed by atoms with Crippen molar-refractivity contribution in [1.82, 2.24) is 10.3 Å². The van der Waals surface area contributed by atoms with E-state index in [1.54, 1.807) is 41.9 Å². The lowest BCUT2D eigenvalue weighted by Crippen LogP contribution is -2.22. The van der Waals surface area contributed by atoms with Gasteiger partial charge in [0.2, 0.25) is 10.0 Å². The van der Waals surface area contributed by atoms with Gasteiger partial charge in [-0.05, 0) is 35.9 Å². The smallest absolute Gasteiger partial charge is 0.251 e. The Kier molecular flexibility index (Phi) is 5.84. The van der Waals surface area contributed by atoms with Crippen molar-refractivity contribution in [3.8, 4) is 5.75 Å². The van der Waals surface area contributed by atoms with Crippen LogP contribution in [-0.2, 0) is 23.2 Å². The van der Waals surface area contributed by atoms with Crippen molar-refractivity contribution in [1.29, 1.82) is 0 Å². The molecule has 27 heavy (non-hydrogen) atoms. The number of nitrogens with one attached hydrogen (secondary N) is 1. The van der Waals surface area contributed by atoms with E-state index in [-0.39, 0.29) is 17.3 Å². The maximum atomic E-state index is 12.3. The fourth-order valence-electron chi connectivity index (χ4n) is 2.27. The number of hydrogen-bond donors (Lipinski definition) is 2. The first-order valence-electron chi connectivity index (χ1n) is 7.92. The first kappa shape index (κ1) is 19.0. The zero-order valence-corrected chi connectivity index (χ0v) is 15.8. The summed E-state index contributed by atoms with van der Waals surface area (Å²) in [4.78, 5) is 16.5. The molecule has 3 rings (SSSR count). The molecule has 0 spiro atoms. The van der Waals surface area contributed by atoms with E-state index in [9.17, 15) is 13.2 Å². The summed E-state index contributed by atoms with van der Waals surface area (Å²) in [5.74, 6) is 0.317. The maximum Gasteiger partial charge on any atom is 0.251 e. The monoisotopic (exact) mass is 403 g/mol. The van der Waals surface area contributed by atoms with Gasteiger partial charge in [0.1, 0.15) is 12.4 Å². The van der Waals surface area contributed by atoms with Gasteiger partial charge >= 0.3 is 0 Å². The summed E-state index contributed by atoms with van der Waals surface area (Å²) < 4.78 is 28.1. The molecule has 3 aromatic rings. The molecule has 9 heteroatoms. The predicted molar refractivity (Wildman–Crippen MR) is 102 cm³/mol. The lowest BCUT2D eigenvalue weighted by Gasteiger charge is -2.08. The van der Waals surface area contributed by atoms with Gasteiger partial charge < -0.3 is 10.1 Å². The summed E-state index contributed by atoms with van der Waals surface area (Å²) >= 11 is 1.49. The zero-order chi connectivity index (χ0) is 19.3. The average Bonchev–Trinajstić information content (AvgIpc) is 3.18. The van der Waals surface area contributed by atoms with E-state index in [0.717, 1.165) is 11.3 Å². The number of ether oxygens (including phenoxy) is 1. The highest BCUT2D eigenvalue weighted by Crippen LogP contribution is 2.16. The van der Waals surface area contributed by atoms with Crippen LogP contribution in [0.4, 0.5) is 0 Å². The molecule has 0 atom stereocenters.